The first-order valence-electron chi connectivity index (χ1n) is 8.87. The van der Waals surface area contributed by atoms with E-state index in [-0.39, 0.29) is 18.3 Å². The second kappa shape index (κ2) is 8.92. The molecule has 1 heterocycles. The van der Waals surface area contributed by atoms with E-state index in [1.807, 2.05) is 24.3 Å². The van der Waals surface area contributed by atoms with Gasteiger partial charge in [0.05, 0.1) is 25.3 Å². The molecule has 0 radical (unpaired) electrons. The number of thiazole rings is 1. The van der Waals surface area contributed by atoms with E-state index in [4.69, 9.17) is 4.74 Å². The zero-order valence-electron chi connectivity index (χ0n) is 15.4. The van der Waals surface area contributed by atoms with Crippen molar-refractivity contribution in [3.05, 3.63) is 54.3 Å². The molecule has 142 valence electrons. The Balaban J connectivity index is 1.78. The van der Waals surface area contributed by atoms with Crippen LogP contribution in [0, 0.1) is 5.82 Å². The number of hydrogen-bond donors (Lipinski definition) is 1. The van der Waals surface area contributed by atoms with Crippen LogP contribution in [0.4, 0.5) is 9.52 Å². The van der Waals surface area contributed by atoms with E-state index in [0.717, 1.165) is 17.7 Å². The topological polar surface area (TPSA) is 46.9 Å². The van der Waals surface area contributed by atoms with Gasteiger partial charge in [0.2, 0.25) is 0 Å². The highest BCUT2D eigenvalue weighted by Gasteiger charge is 2.21. The van der Waals surface area contributed by atoms with Crippen LogP contribution in [0.1, 0.15) is 6.42 Å². The van der Waals surface area contributed by atoms with Crippen molar-refractivity contribution in [1.82, 2.24) is 4.98 Å². The van der Waals surface area contributed by atoms with Gasteiger partial charge in [-0.1, -0.05) is 35.6 Å². The molecule has 3 aromatic rings. The van der Waals surface area contributed by atoms with Crippen LogP contribution in [0.3, 0.4) is 0 Å². The number of fused-ring (bicyclic) bond motifs is 1. The minimum absolute atomic E-state index is 0.0861. The number of halogens is 1. The van der Waals surface area contributed by atoms with Crippen LogP contribution in [-0.4, -0.2) is 44.7 Å². The normalized spacial score (nSPS) is 11.1. The van der Waals surface area contributed by atoms with Crippen molar-refractivity contribution in [2.24, 2.45) is 0 Å². The molecule has 3 rings (SSSR count). The molecule has 0 aliphatic heterocycles. The maximum absolute atomic E-state index is 14.0. The number of carbonyl (C=O) groups is 1. The van der Waals surface area contributed by atoms with Gasteiger partial charge in [0, 0.05) is 13.0 Å². The smallest absolute Gasteiger partial charge is 0.266 e. The molecular weight excluding hydrogens is 365 g/mol. The molecule has 1 N–H and O–H groups in total. The summed E-state index contributed by atoms with van der Waals surface area (Å²) in [6.07, 6.45) is 0.817. The molecule has 1 amide bonds. The number of benzene rings is 2. The molecule has 0 fully saturated rings. The number of carbonyl (C=O) groups excluding carboxylic acids is 1. The second-order valence-corrected chi connectivity index (χ2v) is 7.55. The van der Waals surface area contributed by atoms with E-state index in [9.17, 15) is 9.18 Å². The van der Waals surface area contributed by atoms with Crippen LogP contribution in [0.25, 0.3) is 10.2 Å². The summed E-state index contributed by atoms with van der Waals surface area (Å²) in [5.41, 5.74) is 0.303. The largest absolute Gasteiger partial charge is 0.484 e. The highest BCUT2D eigenvalue weighted by atomic mass is 32.1. The van der Waals surface area contributed by atoms with Crippen LogP contribution >= 0.6 is 11.3 Å². The van der Waals surface area contributed by atoms with E-state index < -0.39 is 0 Å². The molecular formula is C20H23FN3O2S+. The van der Waals surface area contributed by atoms with Crippen LogP contribution in [-0.2, 0) is 4.79 Å². The average Bonchev–Trinajstić information content (AvgIpc) is 3.09. The number of nitrogens with zero attached hydrogens (tertiary/aromatic N) is 2. The average molecular weight is 388 g/mol. The molecule has 0 aliphatic carbocycles. The van der Waals surface area contributed by atoms with Crippen molar-refractivity contribution in [3.8, 4) is 5.75 Å². The fraction of sp³-hybridized carbons (Fsp3) is 0.300. The Kier molecular flexibility index (Phi) is 6.36. The van der Waals surface area contributed by atoms with E-state index in [1.165, 1.54) is 22.3 Å². The van der Waals surface area contributed by atoms with E-state index in [2.05, 4.69) is 19.1 Å². The fourth-order valence-electron chi connectivity index (χ4n) is 2.68. The Morgan fingerprint density at radius 1 is 1.19 bits per heavy atom. The lowest BCUT2D eigenvalue weighted by Gasteiger charge is -2.20. The summed E-state index contributed by atoms with van der Waals surface area (Å²) in [6, 6.07) is 14.1. The lowest BCUT2D eigenvalue weighted by molar-refractivity contribution is -0.858. The molecule has 0 unspecified atom stereocenters. The van der Waals surface area contributed by atoms with Gasteiger partial charge in [-0.05, 0) is 24.3 Å². The molecule has 27 heavy (non-hydrogen) atoms. The summed E-state index contributed by atoms with van der Waals surface area (Å²) in [5, 5.41) is 0.505. The molecule has 0 atom stereocenters. The van der Waals surface area contributed by atoms with E-state index >= 15 is 0 Å². The first-order chi connectivity index (χ1) is 13.0. The van der Waals surface area contributed by atoms with Crippen LogP contribution in [0.15, 0.2) is 48.5 Å². The second-order valence-electron chi connectivity index (χ2n) is 6.54. The van der Waals surface area contributed by atoms with Gasteiger partial charge in [0.1, 0.15) is 17.1 Å². The third kappa shape index (κ3) is 5.02. The fourth-order valence-corrected chi connectivity index (χ4v) is 3.70. The van der Waals surface area contributed by atoms with Crippen molar-refractivity contribution in [3.63, 3.8) is 0 Å². The van der Waals surface area contributed by atoms with Crippen molar-refractivity contribution in [2.75, 3.05) is 38.7 Å². The molecule has 0 saturated heterocycles. The molecule has 7 heteroatoms. The Labute approximate surface area is 162 Å². The maximum atomic E-state index is 14.0. The number of nitrogens with one attached hydrogen (secondary N) is 1. The van der Waals surface area contributed by atoms with Crippen molar-refractivity contribution in [2.45, 2.75) is 6.42 Å². The summed E-state index contributed by atoms with van der Waals surface area (Å²) < 4.78 is 20.3. The zero-order valence-corrected chi connectivity index (χ0v) is 16.3. The summed E-state index contributed by atoms with van der Waals surface area (Å²) in [5.74, 6) is 0.0756. The molecule has 0 aliphatic rings. The summed E-state index contributed by atoms with van der Waals surface area (Å²) in [4.78, 5) is 20.1. The number of hydrogen-bond acceptors (Lipinski definition) is 4. The molecule has 0 saturated carbocycles. The van der Waals surface area contributed by atoms with Crippen LogP contribution in [0.5, 0.6) is 5.75 Å². The van der Waals surface area contributed by atoms with Crippen LogP contribution < -0.4 is 14.5 Å². The lowest BCUT2D eigenvalue weighted by atomic mass is 10.3. The zero-order chi connectivity index (χ0) is 19.2. The summed E-state index contributed by atoms with van der Waals surface area (Å²) >= 11 is 1.32. The van der Waals surface area contributed by atoms with Gasteiger partial charge in [0.25, 0.3) is 5.91 Å². The molecule has 0 spiro atoms. The SMILES string of the molecule is C[NH+](C)CCCN(C(=O)COc1ccccc1)c1nc2c(F)cccc2s1. The van der Waals surface area contributed by atoms with Gasteiger partial charge in [-0.25, -0.2) is 9.37 Å². The molecule has 2 aromatic carbocycles. The molecule has 0 bridgehead atoms. The number of para-hydroxylation sites is 2. The Morgan fingerprint density at radius 3 is 2.67 bits per heavy atom. The number of ether oxygens (including phenoxy) is 1. The van der Waals surface area contributed by atoms with Gasteiger partial charge in [-0.15, -0.1) is 0 Å². The Hall–Kier alpha value is -2.51. The molecule has 1 aromatic heterocycles. The minimum Gasteiger partial charge on any atom is -0.484 e. The Morgan fingerprint density at radius 2 is 1.96 bits per heavy atom. The minimum atomic E-state index is -0.374. The van der Waals surface area contributed by atoms with Gasteiger partial charge >= 0.3 is 0 Å². The predicted octanol–water partition coefficient (Wildman–Crippen LogP) is 2.38. The van der Waals surface area contributed by atoms with Gasteiger partial charge in [-0.2, -0.15) is 0 Å². The first-order valence-corrected chi connectivity index (χ1v) is 9.68. The van der Waals surface area contributed by atoms with Crippen molar-refractivity contribution in [1.29, 1.82) is 0 Å². The monoisotopic (exact) mass is 388 g/mol. The lowest BCUT2D eigenvalue weighted by Crippen LogP contribution is -3.05. The van der Waals surface area contributed by atoms with Crippen LogP contribution in [0.2, 0.25) is 0 Å². The maximum Gasteiger partial charge on any atom is 0.266 e. The highest BCUT2D eigenvalue weighted by molar-refractivity contribution is 7.22. The quantitative estimate of drug-likeness (QED) is 0.645. The van der Waals surface area contributed by atoms with Crippen molar-refractivity contribution < 1.29 is 18.8 Å². The number of amides is 1. The van der Waals surface area contributed by atoms with E-state index in [1.54, 1.807) is 23.1 Å². The van der Waals surface area contributed by atoms with Gasteiger partial charge in [0.15, 0.2) is 11.7 Å². The summed E-state index contributed by atoms with van der Waals surface area (Å²) in [7, 11) is 4.13. The Bertz CT molecular complexity index is 899. The van der Waals surface area contributed by atoms with Gasteiger partial charge in [-0.3, -0.25) is 9.69 Å². The number of anilines is 1. The van der Waals surface area contributed by atoms with Crippen molar-refractivity contribution >= 4 is 32.6 Å². The number of quaternary nitrogens is 1. The third-order valence-corrected chi connectivity index (χ3v) is 5.10. The van der Waals surface area contributed by atoms with Gasteiger partial charge < -0.3 is 9.64 Å². The van der Waals surface area contributed by atoms with E-state index in [0.29, 0.717) is 22.9 Å². The number of aromatic nitrogens is 1. The first kappa shape index (κ1) is 19.3. The predicted molar refractivity (Wildman–Crippen MR) is 106 cm³/mol. The highest BCUT2D eigenvalue weighted by Crippen LogP contribution is 2.30. The standard InChI is InChI=1S/C20H22FN3O2S/c1-23(2)12-7-13-24(18(25)14-26-15-8-4-3-5-9-15)20-22-19-16(21)10-6-11-17(19)27-20/h3-6,8-11H,7,12-14H2,1-2H3/p+1. The number of rotatable bonds is 8. The summed E-state index contributed by atoms with van der Waals surface area (Å²) in [6.45, 7) is 1.35. The molecule has 5 nitrogen and oxygen atoms in total. The third-order valence-electron chi connectivity index (χ3n) is 4.05.